The Morgan fingerprint density at radius 1 is 1.42 bits per heavy atom. The summed E-state index contributed by atoms with van der Waals surface area (Å²) in [6, 6.07) is 0. The van der Waals surface area contributed by atoms with Crippen molar-refractivity contribution < 1.29 is 9.53 Å². The van der Waals surface area contributed by atoms with Crippen LogP contribution in [0.5, 0.6) is 0 Å². The highest BCUT2D eigenvalue weighted by Gasteiger charge is 2.16. The summed E-state index contributed by atoms with van der Waals surface area (Å²) in [5, 5.41) is 2.86. The molecular formula is C12H19N3O3S. The number of nitrogens with one attached hydrogen (secondary N) is 1. The molecule has 0 spiro atoms. The van der Waals surface area contributed by atoms with Gasteiger partial charge in [0.25, 0.3) is 5.91 Å². The molecule has 19 heavy (non-hydrogen) atoms. The standard InChI is InChI=1S/C12H19N3O3S/c1-9-10(19-12(17)14(9)2)11(16)13-3-4-15-5-7-18-8-6-15/h3-8H2,1-2H3,(H,13,16). The van der Waals surface area contributed by atoms with E-state index in [4.69, 9.17) is 4.74 Å². The fourth-order valence-electron chi connectivity index (χ4n) is 1.96. The van der Waals surface area contributed by atoms with Crippen LogP contribution in [0.4, 0.5) is 0 Å². The molecule has 1 aromatic heterocycles. The minimum atomic E-state index is -0.159. The molecule has 0 atom stereocenters. The number of hydrogen-bond donors (Lipinski definition) is 1. The van der Waals surface area contributed by atoms with Crippen molar-refractivity contribution in [1.29, 1.82) is 0 Å². The predicted molar refractivity (Wildman–Crippen MR) is 73.9 cm³/mol. The molecule has 0 bridgehead atoms. The lowest BCUT2D eigenvalue weighted by Gasteiger charge is -2.26. The molecular weight excluding hydrogens is 266 g/mol. The van der Waals surface area contributed by atoms with Gasteiger partial charge in [-0.2, -0.15) is 0 Å². The maximum absolute atomic E-state index is 12.0. The average Bonchev–Trinajstić information content (AvgIpc) is 2.68. The number of aromatic nitrogens is 1. The summed E-state index contributed by atoms with van der Waals surface area (Å²) in [6.45, 7) is 6.53. The minimum absolute atomic E-state index is 0.101. The van der Waals surface area contributed by atoms with E-state index in [1.54, 1.807) is 14.0 Å². The summed E-state index contributed by atoms with van der Waals surface area (Å²) in [5.74, 6) is -0.159. The van der Waals surface area contributed by atoms with E-state index in [2.05, 4.69) is 10.2 Å². The third kappa shape index (κ3) is 3.43. The van der Waals surface area contributed by atoms with E-state index in [9.17, 15) is 9.59 Å². The molecule has 1 aliphatic heterocycles. The van der Waals surface area contributed by atoms with Gasteiger partial charge in [-0.3, -0.25) is 14.5 Å². The molecule has 0 aliphatic carbocycles. The first-order valence-corrected chi connectivity index (χ1v) is 7.16. The molecule has 0 saturated carbocycles. The Bertz CT molecular complexity index is 503. The Balaban J connectivity index is 1.83. The van der Waals surface area contributed by atoms with Gasteiger partial charge in [0.15, 0.2) is 0 Å². The highest BCUT2D eigenvalue weighted by molar-refractivity contribution is 7.11. The van der Waals surface area contributed by atoms with Gasteiger partial charge in [-0.15, -0.1) is 0 Å². The lowest BCUT2D eigenvalue weighted by Crippen LogP contribution is -2.41. The summed E-state index contributed by atoms with van der Waals surface area (Å²) in [5.41, 5.74) is 0.721. The van der Waals surface area contributed by atoms with Crippen molar-refractivity contribution in [3.05, 3.63) is 20.2 Å². The number of ether oxygens (including phenoxy) is 1. The second-order valence-electron chi connectivity index (χ2n) is 4.55. The molecule has 1 fully saturated rings. The van der Waals surface area contributed by atoms with Crippen molar-refractivity contribution in [1.82, 2.24) is 14.8 Å². The smallest absolute Gasteiger partial charge is 0.307 e. The number of morpholine rings is 1. The van der Waals surface area contributed by atoms with Crippen molar-refractivity contribution in [2.45, 2.75) is 6.92 Å². The molecule has 1 N–H and O–H groups in total. The summed E-state index contributed by atoms with van der Waals surface area (Å²) in [6.07, 6.45) is 0. The SMILES string of the molecule is Cc1c(C(=O)NCCN2CCOCC2)sc(=O)n1C. The van der Waals surface area contributed by atoms with Crippen LogP contribution in [0.15, 0.2) is 4.79 Å². The van der Waals surface area contributed by atoms with E-state index in [-0.39, 0.29) is 10.8 Å². The molecule has 6 nitrogen and oxygen atoms in total. The van der Waals surface area contributed by atoms with Crippen LogP contribution in [0.1, 0.15) is 15.4 Å². The summed E-state index contributed by atoms with van der Waals surface area (Å²) in [7, 11) is 1.68. The van der Waals surface area contributed by atoms with Gasteiger partial charge in [0.05, 0.1) is 13.2 Å². The Kier molecular flexibility index (Phi) is 4.73. The van der Waals surface area contributed by atoms with Crippen LogP contribution in [0.2, 0.25) is 0 Å². The highest BCUT2D eigenvalue weighted by Crippen LogP contribution is 2.09. The normalized spacial score (nSPS) is 16.5. The first kappa shape index (κ1) is 14.2. The van der Waals surface area contributed by atoms with Crippen LogP contribution in [0, 0.1) is 6.92 Å². The van der Waals surface area contributed by atoms with Crippen LogP contribution in [-0.2, 0) is 11.8 Å². The predicted octanol–water partition coefficient (Wildman–Crippen LogP) is -0.183. The molecule has 0 radical (unpaired) electrons. The third-order valence-corrected chi connectivity index (χ3v) is 4.45. The molecule has 1 aromatic rings. The molecule has 7 heteroatoms. The number of rotatable bonds is 4. The van der Waals surface area contributed by atoms with Gasteiger partial charge < -0.3 is 14.6 Å². The van der Waals surface area contributed by atoms with Crippen LogP contribution in [0.3, 0.4) is 0 Å². The van der Waals surface area contributed by atoms with Gasteiger partial charge in [0.1, 0.15) is 4.88 Å². The summed E-state index contributed by atoms with van der Waals surface area (Å²) in [4.78, 5) is 26.1. The lowest BCUT2D eigenvalue weighted by molar-refractivity contribution is 0.0383. The average molecular weight is 285 g/mol. The lowest BCUT2D eigenvalue weighted by atomic mass is 10.3. The molecule has 2 heterocycles. The van der Waals surface area contributed by atoms with Gasteiger partial charge in [-0.25, -0.2) is 0 Å². The minimum Gasteiger partial charge on any atom is -0.379 e. The van der Waals surface area contributed by atoms with E-state index >= 15 is 0 Å². The second kappa shape index (κ2) is 6.31. The summed E-state index contributed by atoms with van der Waals surface area (Å²) >= 11 is 0.997. The zero-order valence-corrected chi connectivity index (χ0v) is 12.1. The van der Waals surface area contributed by atoms with Gasteiger partial charge in [0.2, 0.25) is 0 Å². The Morgan fingerprint density at radius 2 is 2.11 bits per heavy atom. The highest BCUT2D eigenvalue weighted by atomic mass is 32.1. The van der Waals surface area contributed by atoms with Crippen molar-refractivity contribution in [3.63, 3.8) is 0 Å². The fraction of sp³-hybridized carbons (Fsp3) is 0.667. The number of thiazole rings is 1. The second-order valence-corrected chi connectivity index (χ2v) is 5.51. The van der Waals surface area contributed by atoms with E-state index in [1.165, 1.54) is 4.57 Å². The van der Waals surface area contributed by atoms with Gasteiger partial charge in [0, 0.05) is 38.9 Å². The summed E-state index contributed by atoms with van der Waals surface area (Å²) < 4.78 is 6.76. The number of amides is 1. The number of nitrogens with zero attached hydrogens (tertiary/aromatic N) is 2. The van der Waals surface area contributed by atoms with Crippen molar-refractivity contribution in [2.75, 3.05) is 39.4 Å². The first-order chi connectivity index (χ1) is 9.09. The Hall–Kier alpha value is -1.18. The molecule has 1 aliphatic rings. The van der Waals surface area contributed by atoms with Crippen LogP contribution >= 0.6 is 11.3 Å². The van der Waals surface area contributed by atoms with Crippen LogP contribution < -0.4 is 10.2 Å². The van der Waals surface area contributed by atoms with Gasteiger partial charge >= 0.3 is 4.87 Å². The van der Waals surface area contributed by atoms with E-state index in [0.29, 0.717) is 11.4 Å². The fourth-order valence-corrected chi connectivity index (χ4v) is 2.86. The Labute approximate surface area is 116 Å². The van der Waals surface area contributed by atoms with Crippen LogP contribution in [0.25, 0.3) is 0 Å². The largest absolute Gasteiger partial charge is 0.379 e. The molecule has 1 saturated heterocycles. The first-order valence-electron chi connectivity index (χ1n) is 6.34. The maximum atomic E-state index is 12.0. The third-order valence-electron chi connectivity index (χ3n) is 3.32. The number of carbonyl (C=O) groups is 1. The van der Waals surface area contributed by atoms with Crippen LogP contribution in [-0.4, -0.2) is 54.8 Å². The number of carbonyl (C=O) groups excluding carboxylic acids is 1. The molecule has 0 unspecified atom stereocenters. The molecule has 1 amide bonds. The zero-order chi connectivity index (χ0) is 13.8. The van der Waals surface area contributed by atoms with Crippen molar-refractivity contribution in [3.8, 4) is 0 Å². The van der Waals surface area contributed by atoms with Gasteiger partial charge in [-0.05, 0) is 6.92 Å². The van der Waals surface area contributed by atoms with Crippen molar-refractivity contribution >= 4 is 17.2 Å². The van der Waals surface area contributed by atoms with Crippen molar-refractivity contribution in [2.24, 2.45) is 7.05 Å². The van der Waals surface area contributed by atoms with Gasteiger partial charge in [-0.1, -0.05) is 11.3 Å². The van der Waals surface area contributed by atoms with E-state index in [0.717, 1.165) is 49.9 Å². The Morgan fingerprint density at radius 3 is 2.68 bits per heavy atom. The molecule has 106 valence electrons. The monoisotopic (exact) mass is 285 g/mol. The topological polar surface area (TPSA) is 63.6 Å². The quantitative estimate of drug-likeness (QED) is 0.833. The zero-order valence-electron chi connectivity index (χ0n) is 11.3. The van der Waals surface area contributed by atoms with E-state index in [1.807, 2.05) is 0 Å². The molecule has 0 aromatic carbocycles. The maximum Gasteiger partial charge on any atom is 0.307 e. The molecule has 2 rings (SSSR count). The van der Waals surface area contributed by atoms with E-state index < -0.39 is 0 Å². The number of hydrogen-bond acceptors (Lipinski definition) is 5.